The molecule has 2 aromatic rings. The molecule has 1 aromatic heterocycles. The minimum absolute atomic E-state index is 0.579. The highest BCUT2D eigenvalue weighted by Crippen LogP contribution is 2.17. The summed E-state index contributed by atoms with van der Waals surface area (Å²) in [6, 6.07) is 8.06. The van der Waals surface area contributed by atoms with Crippen molar-refractivity contribution in [1.29, 1.82) is 0 Å². The number of nitrogens with zero attached hydrogens (tertiary/aromatic N) is 1. The molecular weight excluding hydrogens is 228 g/mol. The predicted molar refractivity (Wildman–Crippen MR) is 70.5 cm³/mol. The van der Waals surface area contributed by atoms with Crippen molar-refractivity contribution < 1.29 is 9.15 Å². The maximum absolute atomic E-state index is 5.53. The van der Waals surface area contributed by atoms with Gasteiger partial charge in [-0.1, -0.05) is 18.2 Å². The lowest BCUT2D eigenvalue weighted by atomic mass is 10.2. The molecule has 0 amide bonds. The lowest BCUT2D eigenvalue weighted by Gasteiger charge is -2.09. The van der Waals surface area contributed by atoms with Crippen LogP contribution in [0.3, 0.4) is 0 Å². The van der Waals surface area contributed by atoms with Gasteiger partial charge in [-0.2, -0.15) is 0 Å². The average Bonchev–Trinajstić information content (AvgIpc) is 2.68. The van der Waals surface area contributed by atoms with Gasteiger partial charge in [0.1, 0.15) is 5.76 Å². The van der Waals surface area contributed by atoms with Gasteiger partial charge in [0.05, 0.1) is 18.8 Å². The van der Waals surface area contributed by atoms with Crippen molar-refractivity contribution in [2.24, 2.45) is 0 Å². The monoisotopic (exact) mass is 246 g/mol. The van der Waals surface area contributed by atoms with E-state index in [4.69, 9.17) is 9.15 Å². The highest BCUT2D eigenvalue weighted by molar-refractivity contribution is 5.50. The first-order valence-corrected chi connectivity index (χ1v) is 5.94. The highest BCUT2D eigenvalue weighted by atomic mass is 16.5. The van der Waals surface area contributed by atoms with Crippen LogP contribution in [0.5, 0.6) is 0 Å². The number of hydrogen-bond acceptors (Lipinski definition) is 4. The van der Waals surface area contributed by atoms with Gasteiger partial charge in [-0.05, 0) is 19.9 Å². The number of nitrogens with one attached hydrogen (secondary N) is 1. The van der Waals surface area contributed by atoms with E-state index in [1.807, 2.05) is 38.1 Å². The molecule has 96 valence electrons. The van der Waals surface area contributed by atoms with Crippen molar-refractivity contribution in [3.05, 3.63) is 47.2 Å². The van der Waals surface area contributed by atoms with Gasteiger partial charge in [-0.3, -0.25) is 0 Å². The van der Waals surface area contributed by atoms with Gasteiger partial charge in [-0.15, -0.1) is 0 Å². The molecule has 2 rings (SSSR count). The molecule has 18 heavy (non-hydrogen) atoms. The highest BCUT2D eigenvalue weighted by Gasteiger charge is 2.06. The summed E-state index contributed by atoms with van der Waals surface area (Å²) in [4.78, 5) is 4.34. The largest absolute Gasteiger partial charge is 0.444 e. The molecule has 0 spiro atoms. The van der Waals surface area contributed by atoms with E-state index >= 15 is 0 Å². The van der Waals surface area contributed by atoms with Crippen molar-refractivity contribution in [2.45, 2.75) is 27.0 Å². The van der Waals surface area contributed by atoms with Crippen LogP contribution in [-0.2, 0) is 17.9 Å². The summed E-state index contributed by atoms with van der Waals surface area (Å²) < 4.78 is 10.7. The zero-order valence-corrected chi connectivity index (χ0v) is 11.0. The quantitative estimate of drug-likeness (QED) is 0.880. The number of rotatable bonds is 5. The van der Waals surface area contributed by atoms with E-state index in [1.165, 1.54) is 0 Å². The van der Waals surface area contributed by atoms with E-state index in [9.17, 15) is 0 Å². The predicted octanol–water partition coefficient (Wildman–Crippen LogP) is 3.05. The van der Waals surface area contributed by atoms with E-state index < -0.39 is 0 Å². The van der Waals surface area contributed by atoms with E-state index in [1.54, 1.807) is 7.11 Å². The third-order valence-electron chi connectivity index (χ3n) is 2.82. The summed E-state index contributed by atoms with van der Waals surface area (Å²) in [6.07, 6.45) is 0. The first-order chi connectivity index (χ1) is 8.70. The summed E-state index contributed by atoms with van der Waals surface area (Å²) >= 11 is 0. The summed E-state index contributed by atoms with van der Waals surface area (Å²) in [7, 11) is 1.69. The fraction of sp³-hybridized carbons (Fsp3) is 0.357. The van der Waals surface area contributed by atoms with Crippen molar-refractivity contribution in [3.63, 3.8) is 0 Å². The van der Waals surface area contributed by atoms with Gasteiger partial charge in [0.2, 0.25) is 5.89 Å². The molecule has 0 aliphatic carbocycles. The molecule has 1 aromatic carbocycles. The van der Waals surface area contributed by atoms with Crippen LogP contribution < -0.4 is 5.32 Å². The van der Waals surface area contributed by atoms with Gasteiger partial charge in [0, 0.05) is 18.4 Å². The van der Waals surface area contributed by atoms with Gasteiger partial charge in [0.25, 0.3) is 0 Å². The Balaban J connectivity index is 2.05. The van der Waals surface area contributed by atoms with E-state index in [0.717, 1.165) is 22.7 Å². The lowest BCUT2D eigenvalue weighted by molar-refractivity contribution is 0.185. The van der Waals surface area contributed by atoms with Crippen LogP contribution in [0.2, 0.25) is 0 Å². The third-order valence-corrected chi connectivity index (χ3v) is 2.82. The molecule has 0 fully saturated rings. The Kier molecular flexibility index (Phi) is 3.99. The van der Waals surface area contributed by atoms with Gasteiger partial charge >= 0.3 is 0 Å². The van der Waals surface area contributed by atoms with Crippen molar-refractivity contribution >= 4 is 5.69 Å². The number of aryl methyl sites for hydroxylation is 2. The topological polar surface area (TPSA) is 47.3 Å². The molecule has 0 radical (unpaired) electrons. The molecule has 0 unspecified atom stereocenters. The number of methoxy groups -OCH3 is 1. The Hall–Kier alpha value is -1.81. The van der Waals surface area contributed by atoms with Crippen LogP contribution in [-0.4, -0.2) is 12.1 Å². The molecule has 1 N–H and O–H groups in total. The van der Waals surface area contributed by atoms with E-state index in [-0.39, 0.29) is 0 Å². The van der Waals surface area contributed by atoms with Crippen LogP contribution in [0.1, 0.15) is 22.9 Å². The van der Waals surface area contributed by atoms with Crippen molar-refractivity contribution in [3.8, 4) is 0 Å². The SMILES string of the molecule is COCc1ccccc1NCc1nc(C)c(C)o1. The maximum atomic E-state index is 5.53. The number of hydrogen-bond donors (Lipinski definition) is 1. The van der Waals surface area contributed by atoms with Crippen LogP contribution in [0.4, 0.5) is 5.69 Å². The van der Waals surface area contributed by atoms with Crippen molar-refractivity contribution in [2.75, 3.05) is 12.4 Å². The molecule has 0 atom stereocenters. The standard InChI is InChI=1S/C14H18N2O2/c1-10-11(2)18-14(16-10)8-15-13-7-5-4-6-12(13)9-17-3/h4-7,15H,8-9H2,1-3H3. The van der Waals surface area contributed by atoms with Gasteiger partial charge in [0.15, 0.2) is 0 Å². The smallest absolute Gasteiger partial charge is 0.213 e. The number of aromatic nitrogens is 1. The minimum Gasteiger partial charge on any atom is -0.444 e. The number of anilines is 1. The summed E-state index contributed by atoms with van der Waals surface area (Å²) in [5.74, 6) is 1.58. The third kappa shape index (κ3) is 2.90. The first-order valence-electron chi connectivity index (χ1n) is 5.94. The fourth-order valence-corrected chi connectivity index (χ4v) is 1.76. The molecular formula is C14H18N2O2. The fourth-order valence-electron chi connectivity index (χ4n) is 1.76. The number of benzene rings is 1. The Morgan fingerprint density at radius 1 is 1.28 bits per heavy atom. The van der Waals surface area contributed by atoms with Crippen molar-refractivity contribution in [1.82, 2.24) is 4.98 Å². The summed E-state index contributed by atoms with van der Waals surface area (Å²) in [5, 5.41) is 3.32. The number of oxazole rings is 1. The molecule has 4 nitrogen and oxygen atoms in total. The number of ether oxygens (including phenoxy) is 1. The second-order valence-electron chi connectivity index (χ2n) is 4.19. The van der Waals surface area contributed by atoms with Gasteiger partial charge < -0.3 is 14.5 Å². The summed E-state index contributed by atoms with van der Waals surface area (Å²) in [6.45, 7) is 5.04. The second-order valence-corrected chi connectivity index (χ2v) is 4.19. The first kappa shape index (κ1) is 12.6. The zero-order chi connectivity index (χ0) is 13.0. The minimum atomic E-state index is 0.579. The summed E-state index contributed by atoms with van der Waals surface area (Å²) in [5.41, 5.74) is 3.12. The average molecular weight is 246 g/mol. The normalized spacial score (nSPS) is 10.6. The molecule has 0 bridgehead atoms. The molecule has 0 saturated carbocycles. The molecule has 0 aliphatic heterocycles. The Morgan fingerprint density at radius 2 is 2.06 bits per heavy atom. The molecule has 4 heteroatoms. The Bertz CT molecular complexity index is 501. The van der Waals surface area contributed by atoms with Crippen LogP contribution in [0, 0.1) is 13.8 Å². The second kappa shape index (κ2) is 5.69. The van der Waals surface area contributed by atoms with Crippen LogP contribution in [0.15, 0.2) is 28.7 Å². The van der Waals surface area contributed by atoms with E-state index in [0.29, 0.717) is 19.0 Å². The molecule has 0 aliphatic rings. The lowest BCUT2D eigenvalue weighted by Crippen LogP contribution is -2.03. The van der Waals surface area contributed by atoms with Crippen LogP contribution in [0.25, 0.3) is 0 Å². The Morgan fingerprint density at radius 3 is 2.72 bits per heavy atom. The van der Waals surface area contributed by atoms with Gasteiger partial charge in [-0.25, -0.2) is 4.98 Å². The van der Waals surface area contributed by atoms with E-state index in [2.05, 4.69) is 10.3 Å². The molecule has 0 saturated heterocycles. The maximum Gasteiger partial charge on any atom is 0.213 e. The van der Waals surface area contributed by atoms with Crippen LogP contribution >= 0.6 is 0 Å². The Labute approximate surface area is 107 Å². The number of para-hydroxylation sites is 1. The zero-order valence-electron chi connectivity index (χ0n) is 11.0. The molecule has 1 heterocycles.